The summed E-state index contributed by atoms with van der Waals surface area (Å²) in [6.07, 6.45) is 9.76. The highest BCUT2D eigenvalue weighted by Gasteiger charge is 2.35. The van der Waals surface area contributed by atoms with Gasteiger partial charge in [-0.15, -0.1) is 0 Å². The number of guanidine groups is 1. The van der Waals surface area contributed by atoms with Crippen molar-refractivity contribution in [3.8, 4) is 5.75 Å². The molecule has 4 N–H and O–H groups in total. The molecule has 1 aliphatic heterocycles. The van der Waals surface area contributed by atoms with Crippen molar-refractivity contribution in [1.29, 1.82) is 0 Å². The minimum absolute atomic E-state index is 0.182. The average molecular weight is 461 g/mol. The second-order valence-corrected chi connectivity index (χ2v) is 9.48. The number of hydrazine groups is 1. The van der Waals surface area contributed by atoms with Gasteiger partial charge in [0.15, 0.2) is 17.9 Å². The Labute approximate surface area is 195 Å². The molecule has 1 heterocycles. The summed E-state index contributed by atoms with van der Waals surface area (Å²) in [5.74, 6) is 7.82. The Hall–Kier alpha value is -2.23. The molecule has 2 saturated carbocycles. The van der Waals surface area contributed by atoms with Gasteiger partial charge in [0.2, 0.25) is 5.96 Å². The predicted molar refractivity (Wildman–Crippen MR) is 128 cm³/mol. The number of rotatable bonds is 5. The molecule has 0 aromatic heterocycles. The first-order valence-electron chi connectivity index (χ1n) is 12.2. The number of benzene rings is 1. The number of methoxy groups -OCH3 is 1. The van der Waals surface area contributed by atoms with E-state index in [9.17, 15) is 9.50 Å². The number of aliphatic hydroxyl groups is 1. The van der Waals surface area contributed by atoms with Crippen LogP contribution in [0.15, 0.2) is 28.2 Å². The lowest BCUT2D eigenvalue weighted by molar-refractivity contribution is 0.0217. The van der Waals surface area contributed by atoms with E-state index >= 15 is 0 Å². The monoisotopic (exact) mass is 460 g/mol. The Kier molecular flexibility index (Phi) is 7.82. The van der Waals surface area contributed by atoms with E-state index in [1.807, 2.05) is 7.05 Å². The summed E-state index contributed by atoms with van der Waals surface area (Å²) in [6, 6.07) is 4.88. The summed E-state index contributed by atoms with van der Waals surface area (Å²) in [6.45, 7) is 0. The summed E-state index contributed by atoms with van der Waals surface area (Å²) in [7, 11) is 3.45. The van der Waals surface area contributed by atoms with E-state index < -0.39 is 12.1 Å². The molecule has 182 valence electrons. The van der Waals surface area contributed by atoms with Gasteiger partial charge in [-0.2, -0.15) is 4.99 Å². The fourth-order valence-electron chi connectivity index (χ4n) is 5.17. The number of nitrogens with one attached hydrogen (secondary N) is 1. The molecule has 2 fully saturated rings. The van der Waals surface area contributed by atoms with E-state index in [-0.39, 0.29) is 17.9 Å². The number of ether oxygens (including phenoxy) is 1. The molecule has 4 rings (SSSR count). The van der Waals surface area contributed by atoms with Crippen molar-refractivity contribution in [2.24, 2.45) is 21.7 Å². The van der Waals surface area contributed by atoms with Gasteiger partial charge >= 0.3 is 0 Å². The normalized spacial score (nSPS) is 27.1. The van der Waals surface area contributed by atoms with Crippen LogP contribution in [0, 0.1) is 11.7 Å². The number of aliphatic hydroxyl groups excluding tert-OH is 1. The minimum Gasteiger partial charge on any atom is -0.494 e. The molecule has 3 unspecified atom stereocenters. The molecule has 9 heteroatoms. The van der Waals surface area contributed by atoms with Crippen LogP contribution in [0.4, 0.5) is 10.1 Å². The highest BCUT2D eigenvalue weighted by Crippen LogP contribution is 2.30. The van der Waals surface area contributed by atoms with Gasteiger partial charge in [-0.3, -0.25) is 4.90 Å². The number of nitrogens with zero attached hydrogens (tertiary/aromatic N) is 4. The Balaban J connectivity index is 1.61. The largest absolute Gasteiger partial charge is 0.494 e. The van der Waals surface area contributed by atoms with Gasteiger partial charge in [0.1, 0.15) is 5.84 Å². The van der Waals surface area contributed by atoms with Crippen LogP contribution >= 0.6 is 0 Å². The standard InChI is InChI=1S/C24H37FN6O2/c1-30(18-10-7-11-19(32)15-18)24-29-22(16-8-5-3-4-6-9-16)28-23(31(24)26)27-17-12-13-21(33-2)20(25)14-17/h12-14,16,18-19,24,32H,3-11,15,26H2,1-2H3,(H,27,28,29). The summed E-state index contributed by atoms with van der Waals surface area (Å²) in [4.78, 5) is 12.0. The van der Waals surface area contributed by atoms with Crippen molar-refractivity contribution in [1.82, 2.24) is 9.91 Å². The molecule has 3 aliphatic rings. The van der Waals surface area contributed by atoms with Crippen LogP contribution in [-0.4, -0.2) is 59.4 Å². The number of anilines is 1. The second-order valence-electron chi connectivity index (χ2n) is 9.48. The van der Waals surface area contributed by atoms with E-state index in [1.54, 1.807) is 12.1 Å². The lowest BCUT2D eigenvalue weighted by atomic mass is 9.92. The maximum absolute atomic E-state index is 14.3. The Morgan fingerprint density at radius 1 is 1.15 bits per heavy atom. The summed E-state index contributed by atoms with van der Waals surface area (Å²) < 4.78 is 19.3. The average Bonchev–Trinajstić information content (AvgIpc) is 3.10. The Morgan fingerprint density at radius 2 is 1.91 bits per heavy atom. The zero-order chi connectivity index (χ0) is 23.4. The predicted octanol–water partition coefficient (Wildman–Crippen LogP) is 3.68. The zero-order valence-corrected chi connectivity index (χ0v) is 19.7. The molecule has 8 nitrogen and oxygen atoms in total. The van der Waals surface area contributed by atoms with E-state index in [0.717, 1.165) is 37.9 Å². The molecule has 1 aromatic rings. The van der Waals surface area contributed by atoms with Gasteiger partial charge in [0.05, 0.1) is 13.2 Å². The van der Waals surface area contributed by atoms with Crippen LogP contribution in [-0.2, 0) is 0 Å². The van der Waals surface area contributed by atoms with Gasteiger partial charge in [0.25, 0.3) is 0 Å². The van der Waals surface area contributed by atoms with E-state index in [0.29, 0.717) is 24.0 Å². The summed E-state index contributed by atoms with van der Waals surface area (Å²) in [5.41, 5.74) is 0.541. The zero-order valence-electron chi connectivity index (χ0n) is 19.7. The van der Waals surface area contributed by atoms with E-state index in [4.69, 9.17) is 20.6 Å². The first-order valence-corrected chi connectivity index (χ1v) is 12.2. The Morgan fingerprint density at radius 3 is 2.58 bits per heavy atom. The summed E-state index contributed by atoms with van der Waals surface area (Å²) >= 11 is 0. The lowest BCUT2D eigenvalue weighted by Crippen LogP contribution is -2.59. The van der Waals surface area contributed by atoms with Crippen molar-refractivity contribution >= 4 is 17.5 Å². The highest BCUT2D eigenvalue weighted by atomic mass is 19.1. The third-order valence-corrected chi connectivity index (χ3v) is 7.15. The van der Waals surface area contributed by atoms with Crippen LogP contribution in [0.1, 0.15) is 64.2 Å². The quantitative estimate of drug-likeness (QED) is 0.458. The van der Waals surface area contributed by atoms with Crippen molar-refractivity contribution in [3.63, 3.8) is 0 Å². The van der Waals surface area contributed by atoms with Crippen LogP contribution in [0.3, 0.4) is 0 Å². The first kappa shape index (κ1) is 23.9. The number of hydrogen-bond donors (Lipinski definition) is 3. The molecular formula is C24H37FN6O2. The second kappa shape index (κ2) is 10.8. The maximum atomic E-state index is 14.3. The lowest BCUT2D eigenvalue weighted by Gasteiger charge is -2.42. The topological polar surface area (TPSA) is 98.7 Å². The molecule has 3 atom stereocenters. The number of hydrogen-bond acceptors (Lipinski definition) is 8. The number of halogens is 1. The fourth-order valence-corrected chi connectivity index (χ4v) is 5.17. The minimum atomic E-state index is -0.454. The van der Waals surface area contributed by atoms with Gasteiger partial charge in [-0.05, 0) is 57.7 Å². The number of amidine groups is 1. The molecule has 1 aromatic carbocycles. The molecule has 0 amide bonds. The van der Waals surface area contributed by atoms with Crippen molar-refractivity contribution < 1.29 is 14.2 Å². The number of aliphatic imine (C=N–C) groups is 2. The SMILES string of the molecule is COc1ccc(NC2=NC(C3CCCCCC3)=NC(N(C)C3CCCC(O)C3)N2N)cc1F. The van der Waals surface area contributed by atoms with Crippen molar-refractivity contribution in [3.05, 3.63) is 24.0 Å². The number of nitrogens with two attached hydrogens (primary N) is 1. The van der Waals surface area contributed by atoms with Crippen LogP contribution in [0.25, 0.3) is 0 Å². The van der Waals surface area contributed by atoms with Crippen LogP contribution in [0.2, 0.25) is 0 Å². The van der Waals surface area contributed by atoms with Crippen LogP contribution in [0.5, 0.6) is 5.75 Å². The molecule has 33 heavy (non-hydrogen) atoms. The van der Waals surface area contributed by atoms with Crippen molar-refractivity contribution in [2.45, 2.75) is 82.6 Å². The third-order valence-electron chi connectivity index (χ3n) is 7.15. The van der Waals surface area contributed by atoms with E-state index in [2.05, 4.69) is 10.2 Å². The van der Waals surface area contributed by atoms with Gasteiger partial charge in [0, 0.05) is 23.7 Å². The molecule has 0 radical (unpaired) electrons. The van der Waals surface area contributed by atoms with Crippen LogP contribution < -0.4 is 15.9 Å². The molecule has 0 saturated heterocycles. The third kappa shape index (κ3) is 5.65. The van der Waals surface area contributed by atoms with Gasteiger partial charge < -0.3 is 15.2 Å². The smallest absolute Gasteiger partial charge is 0.222 e. The highest BCUT2D eigenvalue weighted by molar-refractivity contribution is 6.04. The summed E-state index contributed by atoms with van der Waals surface area (Å²) in [5, 5.41) is 14.9. The Bertz CT molecular complexity index is 871. The molecule has 0 spiro atoms. The molecular weight excluding hydrogens is 423 g/mol. The van der Waals surface area contributed by atoms with Gasteiger partial charge in [-0.25, -0.2) is 20.2 Å². The van der Waals surface area contributed by atoms with Gasteiger partial charge in [-0.1, -0.05) is 25.7 Å². The van der Waals surface area contributed by atoms with E-state index in [1.165, 1.54) is 43.9 Å². The molecule has 2 aliphatic carbocycles. The first-order chi connectivity index (χ1) is 16.0. The maximum Gasteiger partial charge on any atom is 0.222 e. The molecule has 0 bridgehead atoms. The fraction of sp³-hybridized carbons (Fsp3) is 0.667. The van der Waals surface area contributed by atoms with Crippen molar-refractivity contribution in [2.75, 3.05) is 19.5 Å².